The van der Waals surface area contributed by atoms with Crippen molar-refractivity contribution < 1.29 is 22.3 Å². The lowest BCUT2D eigenvalue weighted by Gasteiger charge is -2.30. The van der Waals surface area contributed by atoms with Crippen molar-refractivity contribution in [3.05, 3.63) is 64.2 Å². The zero-order chi connectivity index (χ0) is 21.0. The number of halogens is 4. The molecule has 0 spiro atoms. The first kappa shape index (κ1) is 21.7. The maximum absolute atomic E-state index is 14.7. The van der Waals surface area contributed by atoms with Crippen LogP contribution in [-0.2, 0) is 6.42 Å². The lowest BCUT2D eigenvalue weighted by molar-refractivity contribution is 0.353. The summed E-state index contributed by atoms with van der Waals surface area (Å²) in [5, 5.41) is 0. The molecular formula is C24H28F4O. The molecule has 1 nitrogen and oxygen atoms in total. The van der Waals surface area contributed by atoms with E-state index in [1.165, 1.54) is 13.2 Å². The molecule has 29 heavy (non-hydrogen) atoms. The zero-order valence-electron chi connectivity index (χ0n) is 17.0. The van der Waals surface area contributed by atoms with Gasteiger partial charge in [0.15, 0.2) is 23.2 Å². The van der Waals surface area contributed by atoms with Crippen LogP contribution in [0, 0.1) is 23.3 Å². The van der Waals surface area contributed by atoms with Crippen LogP contribution < -0.4 is 4.74 Å². The summed E-state index contributed by atoms with van der Waals surface area (Å²) in [6.45, 7) is 2.07. The van der Waals surface area contributed by atoms with Crippen LogP contribution in [0.25, 0.3) is 0 Å². The zero-order valence-corrected chi connectivity index (χ0v) is 17.0. The summed E-state index contributed by atoms with van der Waals surface area (Å²) >= 11 is 0. The van der Waals surface area contributed by atoms with E-state index in [2.05, 4.69) is 6.92 Å². The van der Waals surface area contributed by atoms with Crippen molar-refractivity contribution >= 4 is 0 Å². The fourth-order valence-electron chi connectivity index (χ4n) is 4.41. The van der Waals surface area contributed by atoms with Crippen molar-refractivity contribution in [3.63, 3.8) is 0 Å². The molecule has 0 heterocycles. The van der Waals surface area contributed by atoms with Crippen molar-refractivity contribution in [1.29, 1.82) is 0 Å². The summed E-state index contributed by atoms with van der Waals surface area (Å²) in [5.41, 5.74) is 1.17. The Balaban J connectivity index is 1.70. The van der Waals surface area contributed by atoms with E-state index in [0.717, 1.165) is 19.3 Å². The average molecular weight is 408 g/mol. The van der Waals surface area contributed by atoms with Crippen LogP contribution in [0.2, 0.25) is 0 Å². The standard InChI is InChI=1S/C24H28F4O/c1-3-4-5-6-17-11-12-18(22(26)21(17)25)15-7-9-16(10-8-15)19-13-14-20(29-2)24(28)23(19)27/h11-16H,3-10H2,1-2H3. The smallest absolute Gasteiger partial charge is 0.200 e. The number of ether oxygens (including phenoxy) is 1. The van der Waals surface area contributed by atoms with E-state index in [0.29, 0.717) is 48.8 Å². The van der Waals surface area contributed by atoms with Crippen molar-refractivity contribution in [2.75, 3.05) is 7.11 Å². The van der Waals surface area contributed by atoms with Gasteiger partial charge in [-0.25, -0.2) is 13.2 Å². The Kier molecular flexibility index (Phi) is 7.20. The van der Waals surface area contributed by atoms with Crippen LogP contribution in [0.15, 0.2) is 24.3 Å². The molecule has 1 saturated carbocycles. The second-order valence-electron chi connectivity index (χ2n) is 7.93. The molecule has 2 aromatic rings. The van der Waals surface area contributed by atoms with Gasteiger partial charge in [0.2, 0.25) is 5.82 Å². The highest BCUT2D eigenvalue weighted by atomic mass is 19.2. The van der Waals surface area contributed by atoms with Crippen LogP contribution in [-0.4, -0.2) is 7.11 Å². The Morgan fingerprint density at radius 2 is 1.31 bits per heavy atom. The summed E-state index contributed by atoms with van der Waals surface area (Å²) in [6, 6.07) is 6.41. The molecule has 158 valence electrons. The van der Waals surface area contributed by atoms with Gasteiger partial charge in [0, 0.05) is 0 Å². The highest BCUT2D eigenvalue weighted by molar-refractivity contribution is 5.34. The second-order valence-corrected chi connectivity index (χ2v) is 7.93. The molecule has 0 bridgehead atoms. The Hall–Kier alpha value is -2.04. The topological polar surface area (TPSA) is 9.23 Å². The number of aryl methyl sites for hydroxylation is 1. The van der Waals surface area contributed by atoms with Crippen LogP contribution >= 0.6 is 0 Å². The molecule has 0 amide bonds. The molecule has 5 heteroatoms. The second kappa shape index (κ2) is 9.64. The molecule has 0 atom stereocenters. The number of methoxy groups -OCH3 is 1. The number of hydrogen-bond donors (Lipinski definition) is 0. The lowest BCUT2D eigenvalue weighted by atomic mass is 9.75. The van der Waals surface area contributed by atoms with Gasteiger partial charge in [-0.2, -0.15) is 4.39 Å². The molecule has 0 N–H and O–H groups in total. The normalized spacial score (nSPS) is 19.4. The summed E-state index contributed by atoms with van der Waals surface area (Å²) in [7, 11) is 1.30. The van der Waals surface area contributed by atoms with Gasteiger partial charge in [-0.05, 0) is 73.1 Å². The van der Waals surface area contributed by atoms with E-state index in [-0.39, 0.29) is 17.6 Å². The number of benzene rings is 2. The van der Waals surface area contributed by atoms with Crippen LogP contribution in [0.1, 0.15) is 80.4 Å². The fraction of sp³-hybridized carbons (Fsp3) is 0.500. The summed E-state index contributed by atoms with van der Waals surface area (Å²) in [6.07, 6.45) is 5.86. The highest BCUT2D eigenvalue weighted by Crippen LogP contribution is 2.43. The third-order valence-corrected chi connectivity index (χ3v) is 6.15. The van der Waals surface area contributed by atoms with Crippen LogP contribution in [0.5, 0.6) is 5.75 Å². The molecule has 0 saturated heterocycles. The number of hydrogen-bond acceptors (Lipinski definition) is 1. The highest BCUT2D eigenvalue weighted by Gasteiger charge is 2.29. The first-order valence-electron chi connectivity index (χ1n) is 10.5. The molecule has 0 unspecified atom stereocenters. The molecule has 0 aliphatic heterocycles. The van der Waals surface area contributed by atoms with E-state index in [4.69, 9.17) is 4.74 Å². The van der Waals surface area contributed by atoms with Crippen molar-refractivity contribution in [1.82, 2.24) is 0 Å². The van der Waals surface area contributed by atoms with Crippen LogP contribution in [0.4, 0.5) is 17.6 Å². The van der Waals surface area contributed by atoms with E-state index < -0.39 is 23.3 Å². The molecule has 1 aliphatic carbocycles. The molecule has 3 rings (SSSR count). The first-order chi connectivity index (χ1) is 14.0. The Labute approximate surface area is 170 Å². The molecule has 1 fully saturated rings. The van der Waals surface area contributed by atoms with Gasteiger partial charge < -0.3 is 4.74 Å². The minimum atomic E-state index is -0.973. The van der Waals surface area contributed by atoms with Gasteiger partial charge >= 0.3 is 0 Å². The monoisotopic (exact) mass is 408 g/mol. The Bertz CT molecular complexity index is 841. The van der Waals surface area contributed by atoms with Crippen molar-refractivity contribution in [2.24, 2.45) is 0 Å². The average Bonchev–Trinajstić information content (AvgIpc) is 2.74. The Morgan fingerprint density at radius 3 is 1.86 bits per heavy atom. The first-order valence-corrected chi connectivity index (χ1v) is 10.5. The van der Waals surface area contributed by atoms with E-state index >= 15 is 0 Å². The van der Waals surface area contributed by atoms with Crippen molar-refractivity contribution in [2.45, 2.75) is 70.1 Å². The summed E-state index contributed by atoms with van der Waals surface area (Å²) < 4.78 is 62.4. The lowest BCUT2D eigenvalue weighted by Crippen LogP contribution is -2.15. The summed E-state index contributed by atoms with van der Waals surface area (Å²) in [5.74, 6) is -3.67. The predicted octanol–water partition coefficient (Wildman–Crippen LogP) is 7.43. The molecule has 1 aliphatic rings. The van der Waals surface area contributed by atoms with Gasteiger partial charge in [-0.1, -0.05) is 38.0 Å². The SMILES string of the molecule is CCCCCc1ccc(C2CCC(c3ccc(OC)c(F)c3F)CC2)c(F)c1F. The largest absolute Gasteiger partial charge is 0.494 e. The van der Waals surface area contributed by atoms with Gasteiger partial charge in [-0.15, -0.1) is 0 Å². The van der Waals surface area contributed by atoms with E-state index in [1.54, 1.807) is 18.2 Å². The minimum Gasteiger partial charge on any atom is -0.494 e. The maximum atomic E-state index is 14.7. The van der Waals surface area contributed by atoms with Crippen molar-refractivity contribution in [3.8, 4) is 5.75 Å². The van der Waals surface area contributed by atoms with E-state index in [1.807, 2.05) is 0 Å². The molecule has 0 radical (unpaired) electrons. The quantitative estimate of drug-likeness (QED) is 0.342. The third-order valence-electron chi connectivity index (χ3n) is 6.15. The van der Waals surface area contributed by atoms with Gasteiger partial charge in [0.05, 0.1) is 7.11 Å². The minimum absolute atomic E-state index is 0.100. The van der Waals surface area contributed by atoms with Crippen LogP contribution in [0.3, 0.4) is 0 Å². The van der Waals surface area contributed by atoms with Gasteiger partial charge in [-0.3, -0.25) is 0 Å². The number of unbranched alkanes of at least 4 members (excludes halogenated alkanes) is 2. The predicted molar refractivity (Wildman–Crippen MR) is 106 cm³/mol. The fourth-order valence-corrected chi connectivity index (χ4v) is 4.41. The maximum Gasteiger partial charge on any atom is 0.200 e. The molecule has 2 aromatic carbocycles. The van der Waals surface area contributed by atoms with Gasteiger partial charge in [0.25, 0.3) is 0 Å². The Morgan fingerprint density at radius 1 is 0.759 bits per heavy atom. The van der Waals surface area contributed by atoms with E-state index in [9.17, 15) is 17.6 Å². The summed E-state index contributed by atoms with van der Waals surface area (Å²) in [4.78, 5) is 0. The number of rotatable bonds is 7. The van der Waals surface area contributed by atoms with Gasteiger partial charge in [0.1, 0.15) is 0 Å². The molecular weight excluding hydrogens is 380 g/mol. The molecule has 0 aromatic heterocycles. The third kappa shape index (κ3) is 4.59.